The van der Waals surface area contributed by atoms with Gasteiger partial charge in [-0.05, 0) is 63.8 Å². The number of hydrogen-bond acceptors (Lipinski definition) is 2. The topological polar surface area (TPSA) is 21.1 Å². The van der Waals surface area contributed by atoms with E-state index < -0.39 is 0 Å². The minimum atomic E-state index is 0.0509. The summed E-state index contributed by atoms with van der Waals surface area (Å²) < 4.78 is 2.40. The normalized spacial score (nSPS) is 13.4. The van der Waals surface area contributed by atoms with Crippen LogP contribution < -0.4 is 21.3 Å². The van der Waals surface area contributed by atoms with Crippen molar-refractivity contribution in [1.29, 1.82) is 0 Å². The van der Waals surface area contributed by atoms with Gasteiger partial charge in [-0.1, -0.05) is 99.6 Å². The lowest BCUT2D eigenvalue weighted by Crippen LogP contribution is -2.60. The second kappa shape index (κ2) is 7.97. The molecule has 186 valence electrons. The number of nitrogens with zero attached hydrogens (tertiary/aromatic N) is 3. The van der Waals surface area contributed by atoms with Crippen LogP contribution in [0.4, 0.5) is 17.1 Å². The maximum absolute atomic E-state index is 5.20. The summed E-state index contributed by atoms with van der Waals surface area (Å²) in [4.78, 5) is 7.66. The van der Waals surface area contributed by atoms with E-state index >= 15 is 0 Å². The predicted molar refractivity (Wildman–Crippen MR) is 165 cm³/mol. The Hall–Kier alpha value is -4.57. The first-order valence-electron chi connectivity index (χ1n) is 13.7. The minimum absolute atomic E-state index is 0.0509. The quantitative estimate of drug-likeness (QED) is 0.249. The van der Waals surface area contributed by atoms with Gasteiger partial charge in [0.15, 0.2) is 0 Å². The molecule has 6 aromatic rings. The van der Waals surface area contributed by atoms with Crippen molar-refractivity contribution in [3.63, 3.8) is 0 Å². The summed E-state index contributed by atoms with van der Waals surface area (Å²) in [6, 6.07) is 41.9. The number of imidazole rings is 1. The van der Waals surface area contributed by atoms with Crippen molar-refractivity contribution in [1.82, 2.24) is 9.55 Å². The summed E-state index contributed by atoms with van der Waals surface area (Å²) in [6.45, 7) is 7.02. The third-order valence-electron chi connectivity index (χ3n) is 8.34. The van der Waals surface area contributed by atoms with E-state index in [0.717, 1.165) is 16.9 Å². The maximum atomic E-state index is 5.20. The lowest BCUT2D eigenvalue weighted by molar-refractivity contribution is 0.590. The van der Waals surface area contributed by atoms with Crippen LogP contribution in [0.25, 0.3) is 28.1 Å². The van der Waals surface area contributed by atoms with Crippen LogP contribution in [0.5, 0.6) is 0 Å². The zero-order valence-electron chi connectivity index (χ0n) is 22.4. The van der Waals surface area contributed by atoms with Crippen molar-refractivity contribution in [2.75, 3.05) is 4.90 Å². The molecule has 5 aromatic carbocycles. The Balaban J connectivity index is 1.50. The van der Waals surface area contributed by atoms with E-state index in [1.165, 1.54) is 50.2 Å². The summed E-state index contributed by atoms with van der Waals surface area (Å²) in [6.07, 6.45) is 0. The molecule has 0 N–H and O–H groups in total. The van der Waals surface area contributed by atoms with Gasteiger partial charge >= 0.3 is 0 Å². The zero-order chi connectivity index (χ0) is 26.3. The van der Waals surface area contributed by atoms with Gasteiger partial charge in [0.1, 0.15) is 5.82 Å². The Morgan fingerprint density at radius 2 is 1.36 bits per heavy atom. The van der Waals surface area contributed by atoms with Crippen LogP contribution in [0.2, 0.25) is 0 Å². The molecule has 0 saturated heterocycles. The third kappa shape index (κ3) is 3.15. The van der Waals surface area contributed by atoms with Crippen molar-refractivity contribution in [2.45, 2.75) is 26.2 Å². The molecule has 0 fully saturated rings. The monoisotopic (exact) mass is 501 g/mol. The molecular formula is C35H28BN3. The zero-order valence-corrected chi connectivity index (χ0v) is 22.4. The summed E-state index contributed by atoms with van der Waals surface area (Å²) in [5.74, 6) is 0.991. The SMILES string of the molecule is CC(C)(C)c1ccc2c(c1)N(c1ccccc1)c1cccc3c1B2c1cccc2nc(-c4ccccc4)n-3c12. The van der Waals surface area contributed by atoms with Crippen LogP contribution in [-0.4, -0.2) is 16.3 Å². The highest BCUT2D eigenvalue weighted by molar-refractivity contribution is 7.00. The Kier molecular flexibility index (Phi) is 4.58. The van der Waals surface area contributed by atoms with Crippen molar-refractivity contribution in [3.05, 3.63) is 121 Å². The molecule has 0 unspecified atom stereocenters. The Bertz CT molecular complexity index is 1900. The molecule has 0 aliphatic carbocycles. The lowest BCUT2D eigenvalue weighted by Gasteiger charge is -2.40. The van der Waals surface area contributed by atoms with Gasteiger partial charge < -0.3 is 4.90 Å². The van der Waals surface area contributed by atoms with Gasteiger partial charge in [-0.3, -0.25) is 4.57 Å². The lowest BCUT2D eigenvalue weighted by atomic mass is 9.33. The fraction of sp³-hybridized carbons (Fsp3) is 0.114. The summed E-state index contributed by atoms with van der Waals surface area (Å²) in [5.41, 5.74) is 13.7. The number of para-hydroxylation sites is 2. The Labute approximate surface area is 229 Å². The highest BCUT2D eigenvalue weighted by Crippen LogP contribution is 2.41. The third-order valence-corrected chi connectivity index (χ3v) is 8.34. The Morgan fingerprint density at radius 3 is 2.13 bits per heavy atom. The van der Waals surface area contributed by atoms with E-state index in [2.05, 4.69) is 145 Å². The van der Waals surface area contributed by atoms with Crippen molar-refractivity contribution in [3.8, 4) is 17.1 Å². The van der Waals surface area contributed by atoms with Crippen molar-refractivity contribution in [2.24, 2.45) is 0 Å². The first-order chi connectivity index (χ1) is 19.0. The highest BCUT2D eigenvalue weighted by Gasteiger charge is 2.42. The average Bonchev–Trinajstić information content (AvgIpc) is 3.36. The largest absolute Gasteiger partial charge is 0.311 e. The second-order valence-corrected chi connectivity index (χ2v) is 11.7. The number of fused-ring (bicyclic) bond motifs is 4. The molecular weight excluding hydrogens is 473 g/mol. The van der Waals surface area contributed by atoms with E-state index in [4.69, 9.17) is 4.98 Å². The van der Waals surface area contributed by atoms with Crippen LogP contribution in [-0.2, 0) is 5.41 Å². The molecule has 8 rings (SSSR count). The number of rotatable bonds is 2. The van der Waals surface area contributed by atoms with Gasteiger partial charge in [0.2, 0.25) is 0 Å². The summed E-state index contributed by atoms with van der Waals surface area (Å²) in [5, 5.41) is 0. The molecule has 0 amide bonds. The van der Waals surface area contributed by atoms with E-state index in [0.29, 0.717) is 0 Å². The summed E-state index contributed by atoms with van der Waals surface area (Å²) >= 11 is 0. The molecule has 3 heterocycles. The maximum Gasteiger partial charge on any atom is 0.252 e. The number of hydrogen-bond donors (Lipinski definition) is 0. The minimum Gasteiger partial charge on any atom is -0.311 e. The van der Waals surface area contributed by atoms with Gasteiger partial charge in [-0.2, -0.15) is 0 Å². The van der Waals surface area contributed by atoms with Crippen molar-refractivity contribution < 1.29 is 0 Å². The van der Waals surface area contributed by atoms with E-state index in [1.807, 2.05) is 0 Å². The molecule has 2 aliphatic rings. The van der Waals surface area contributed by atoms with Gasteiger partial charge in [0.25, 0.3) is 6.71 Å². The van der Waals surface area contributed by atoms with E-state index in [1.54, 1.807) is 0 Å². The van der Waals surface area contributed by atoms with E-state index in [-0.39, 0.29) is 12.1 Å². The molecule has 1 aromatic heterocycles. The molecule has 3 nitrogen and oxygen atoms in total. The van der Waals surface area contributed by atoms with Gasteiger partial charge in [-0.25, -0.2) is 4.98 Å². The number of anilines is 3. The fourth-order valence-corrected chi connectivity index (χ4v) is 6.54. The van der Waals surface area contributed by atoms with Crippen molar-refractivity contribution >= 4 is 51.2 Å². The Morgan fingerprint density at radius 1 is 0.641 bits per heavy atom. The van der Waals surface area contributed by atoms with Crippen LogP contribution in [0.15, 0.2) is 115 Å². The van der Waals surface area contributed by atoms with Gasteiger partial charge in [-0.15, -0.1) is 0 Å². The van der Waals surface area contributed by atoms with Crippen LogP contribution in [0, 0.1) is 0 Å². The smallest absolute Gasteiger partial charge is 0.252 e. The molecule has 0 spiro atoms. The van der Waals surface area contributed by atoms with Crippen LogP contribution in [0.3, 0.4) is 0 Å². The summed E-state index contributed by atoms with van der Waals surface area (Å²) in [7, 11) is 0. The standard InChI is InChI=1S/C35H28BN3/c1-35(2,3)24-20-21-26-31(22-24)38(25-14-8-5-9-15-25)29-18-11-19-30-32(29)36(26)27-16-10-17-28-33(27)39(30)34(37-28)23-12-6-4-7-13-23/h4-22H,1-3H3. The molecule has 0 atom stereocenters. The van der Waals surface area contributed by atoms with Gasteiger partial charge in [0.05, 0.1) is 11.0 Å². The van der Waals surface area contributed by atoms with Crippen LogP contribution >= 0.6 is 0 Å². The molecule has 0 bridgehead atoms. The first kappa shape index (κ1) is 22.4. The fourth-order valence-electron chi connectivity index (χ4n) is 6.54. The number of benzene rings is 5. The molecule has 4 heteroatoms. The number of aromatic nitrogens is 2. The predicted octanol–water partition coefficient (Wildman–Crippen LogP) is 6.60. The molecule has 39 heavy (non-hydrogen) atoms. The second-order valence-electron chi connectivity index (χ2n) is 11.7. The first-order valence-corrected chi connectivity index (χ1v) is 13.7. The molecule has 2 aliphatic heterocycles. The average molecular weight is 501 g/mol. The van der Waals surface area contributed by atoms with Gasteiger partial charge in [0, 0.05) is 28.3 Å². The van der Waals surface area contributed by atoms with E-state index in [9.17, 15) is 0 Å². The molecule has 0 radical (unpaired) electrons. The van der Waals surface area contributed by atoms with Crippen LogP contribution in [0.1, 0.15) is 26.3 Å². The highest BCUT2D eigenvalue weighted by atomic mass is 15.2. The molecule has 0 saturated carbocycles.